The summed E-state index contributed by atoms with van der Waals surface area (Å²) in [6.45, 7) is 5.13. The molecule has 3 aromatic carbocycles. The molecule has 0 saturated carbocycles. The van der Waals surface area contributed by atoms with Gasteiger partial charge in [-0.3, -0.25) is 14.4 Å². The molecule has 0 atom stereocenters. The predicted octanol–water partition coefficient (Wildman–Crippen LogP) is 8.61. The molecule has 0 unspecified atom stereocenters. The van der Waals surface area contributed by atoms with Crippen molar-refractivity contribution in [2.24, 2.45) is 0 Å². The van der Waals surface area contributed by atoms with Crippen LogP contribution in [0.15, 0.2) is 60.7 Å². The van der Waals surface area contributed by atoms with Gasteiger partial charge >= 0.3 is 0 Å². The van der Waals surface area contributed by atoms with E-state index in [1.54, 1.807) is 30.3 Å². The fourth-order valence-corrected chi connectivity index (χ4v) is 5.38. The monoisotopic (exact) mass is 538 g/mol. The Hall–Kier alpha value is -3.73. The summed E-state index contributed by atoms with van der Waals surface area (Å²) in [5.41, 5.74) is 4.11. The van der Waals surface area contributed by atoms with Gasteiger partial charge in [-0.05, 0) is 49.1 Å². The van der Waals surface area contributed by atoms with Crippen LogP contribution in [0, 0.1) is 0 Å². The van der Waals surface area contributed by atoms with Gasteiger partial charge < -0.3 is 10.6 Å². The van der Waals surface area contributed by atoms with Crippen LogP contribution < -0.4 is 10.6 Å². The van der Waals surface area contributed by atoms with E-state index in [1.165, 1.54) is 50.5 Å². The molecule has 4 rings (SSSR count). The molecule has 5 nitrogen and oxygen atoms in total. The minimum Gasteiger partial charge on any atom is -0.384 e. The Morgan fingerprint density at radius 1 is 0.625 bits per heavy atom. The van der Waals surface area contributed by atoms with Crippen molar-refractivity contribution in [3.05, 3.63) is 94.0 Å². The molecule has 0 saturated heterocycles. The zero-order valence-corrected chi connectivity index (χ0v) is 24.0. The van der Waals surface area contributed by atoms with Crippen molar-refractivity contribution >= 4 is 28.8 Å². The van der Waals surface area contributed by atoms with Gasteiger partial charge in [0.1, 0.15) is 0 Å². The summed E-state index contributed by atoms with van der Waals surface area (Å²) in [5, 5.41) is 6.33. The third-order valence-electron chi connectivity index (χ3n) is 7.70. The van der Waals surface area contributed by atoms with Crippen molar-refractivity contribution in [2.45, 2.75) is 84.5 Å². The van der Waals surface area contributed by atoms with E-state index < -0.39 is 0 Å². The van der Waals surface area contributed by atoms with Crippen LogP contribution in [-0.2, 0) is 6.42 Å². The highest BCUT2D eigenvalue weighted by molar-refractivity contribution is 6.32. The average Bonchev–Trinajstić information content (AvgIpc) is 2.98. The highest BCUT2D eigenvalue weighted by Gasteiger charge is 2.34. The van der Waals surface area contributed by atoms with Gasteiger partial charge in [-0.1, -0.05) is 102 Å². The fourth-order valence-electron chi connectivity index (χ4n) is 5.38. The molecule has 5 heteroatoms. The van der Waals surface area contributed by atoms with Crippen molar-refractivity contribution in [1.82, 2.24) is 0 Å². The van der Waals surface area contributed by atoms with Gasteiger partial charge in [-0.25, -0.2) is 0 Å². The normalized spacial score (nSPS) is 12.2. The molecule has 0 aliphatic heterocycles. The Morgan fingerprint density at radius 3 is 1.82 bits per heavy atom. The summed E-state index contributed by atoms with van der Waals surface area (Å²) in [6.07, 6.45) is 12.8. The summed E-state index contributed by atoms with van der Waals surface area (Å²) in [5.74, 6) is -0.739. The molecule has 40 heavy (non-hydrogen) atoms. The summed E-state index contributed by atoms with van der Waals surface area (Å²) in [4.78, 5) is 40.6. The van der Waals surface area contributed by atoms with E-state index >= 15 is 0 Å². The summed E-state index contributed by atoms with van der Waals surface area (Å²) < 4.78 is 0. The number of aryl methyl sites for hydroxylation is 1. The Morgan fingerprint density at radius 2 is 1.18 bits per heavy atom. The first-order valence-corrected chi connectivity index (χ1v) is 15.0. The van der Waals surface area contributed by atoms with Crippen LogP contribution in [0.5, 0.6) is 0 Å². The molecule has 3 aromatic rings. The van der Waals surface area contributed by atoms with Gasteiger partial charge in [0.25, 0.3) is 5.91 Å². The van der Waals surface area contributed by atoms with Crippen molar-refractivity contribution in [3.8, 4) is 0 Å². The topological polar surface area (TPSA) is 75.3 Å². The number of ketones is 2. The number of amides is 1. The number of fused-ring (bicyclic) bond motifs is 2. The molecule has 0 radical (unpaired) electrons. The summed E-state index contributed by atoms with van der Waals surface area (Å²) in [7, 11) is 0. The van der Waals surface area contributed by atoms with Gasteiger partial charge in [0.2, 0.25) is 0 Å². The molecule has 2 N–H and O–H groups in total. The summed E-state index contributed by atoms with van der Waals surface area (Å²) >= 11 is 0. The summed E-state index contributed by atoms with van der Waals surface area (Å²) in [6, 6.07) is 18.1. The number of rotatable bonds is 15. The van der Waals surface area contributed by atoms with Crippen LogP contribution in [0.4, 0.5) is 11.4 Å². The third kappa shape index (κ3) is 7.07. The lowest BCUT2D eigenvalue weighted by molar-refractivity contribution is 0.0979. The SMILES string of the molecule is CCCCCCCCNc1ccc(NC(=O)c2ccc(CCCCCC)cc2)c2c1C(=O)c1ccccc1C2=O. The molecule has 1 aliphatic carbocycles. The van der Waals surface area contributed by atoms with E-state index in [1.807, 2.05) is 30.3 Å². The lowest BCUT2D eigenvalue weighted by Crippen LogP contribution is -2.25. The standard InChI is InChI=1S/C35H42N2O3/c1-3-5-7-9-10-14-24-36-29-22-23-30(32-31(29)33(38)27-16-12-13-17-28(27)34(32)39)37-35(40)26-20-18-25(19-21-26)15-11-8-6-4-2/h12-13,16-23,36H,3-11,14-15,24H2,1-2H3,(H,37,40). The van der Waals surface area contributed by atoms with Crippen LogP contribution in [0.3, 0.4) is 0 Å². The number of hydrogen-bond donors (Lipinski definition) is 2. The number of hydrogen-bond acceptors (Lipinski definition) is 4. The largest absolute Gasteiger partial charge is 0.384 e. The number of anilines is 2. The lowest BCUT2D eigenvalue weighted by atomic mass is 9.82. The van der Waals surface area contributed by atoms with E-state index in [4.69, 9.17) is 0 Å². The quantitative estimate of drug-likeness (QED) is 0.149. The Balaban J connectivity index is 1.53. The Kier molecular flexibility index (Phi) is 10.7. The number of unbranched alkanes of at least 4 members (excludes halogenated alkanes) is 8. The average molecular weight is 539 g/mol. The van der Waals surface area contributed by atoms with Crippen molar-refractivity contribution < 1.29 is 14.4 Å². The van der Waals surface area contributed by atoms with E-state index in [2.05, 4.69) is 24.5 Å². The maximum atomic E-state index is 13.7. The van der Waals surface area contributed by atoms with Crippen molar-refractivity contribution in [3.63, 3.8) is 0 Å². The van der Waals surface area contributed by atoms with Gasteiger partial charge in [0, 0.05) is 28.9 Å². The zero-order chi connectivity index (χ0) is 28.3. The number of carbonyl (C=O) groups excluding carboxylic acids is 3. The molecule has 0 spiro atoms. The molecule has 210 valence electrons. The third-order valence-corrected chi connectivity index (χ3v) is 7.70. The fraction of sp³-hybridized carbons (Fsp3) is 0.400. The Bertz CT molecular complexity index is 1330. The van der Waals surface area contributed by atoms with E-state index in [0.717, 1.165) is 32.2 Å². The number of carbonyl (C=O) groups is 3. The molecular formula is C35H42N2O3. The molecule has 0 fully saturated rings. The second-order valence-electron chi connectivity index (χ2n) is 10.8. The predicted molar refractivity (Wildman–Crippen MR) is 164 cm³/mol. The first-order chi connectivity index (χ1) is 19.5. The van der Waals surface area contributed by atoms with Gasteiger partial charge in [-0.15, -0.1) is 0 Å². The molecule has 1 aliphatic rings. The Labute approximate surface area is 238 Å². The second-order valence-corrected chi connectivity index (χ2v) is 10.8. The molecule has 0 heterocycles. The van der Waals surface area contributed by atoms with Crippen LogP contribution >= 0.6 is 0 Å². The van der Waals surface area contributed by atoms with Crippen LogP contribution in [0.1, 0.15) is 126 Å². The first kappa shape index (κ1) is 29.3. The zero-order valence-electron chi connectivity index (χ0n) is 24.0. The number of nitrogens with one attached hydrogen (secondary N) is 2. The van der Waals surface area contributed by atoms with Crippen LogP contribution in [-0.4, -0.2) is 24.0 Å². The lowest BCUT2D eigenvalue weighted by Gasteiger charge is -2.23. The first-order valence-electron chi connectivity index (χ1n) is 15.0. The highest BCUT2D eigenvalue weighted by Crippen LogP contribution is 2.36. The maximum Gasteiger partial charge on any atom is 0.255 e. The van der Waals surface area contributed by atoms with Gasteiger partial charge in [-0.2, -0.15) is 0 Å². The van der Waals surface area contributed by atoms with Crippen molar-refractivity contribution in [2.75, 3.05) is 17.2 Å². The minimum absolute atomic E-state index is 0.195. The second kappa shape index (κ2) is 14.6. The minimum atomic E-state index is -0.299. The van der Waals surface area contributed by atoms with Crippen molar-refractivity contribution in [1.29, 1.82) is 0 Å². The molecule has 0 aromatic heterocycles. The number of benzene rings is 3. The van der Waals surface area contributed by atoms with Gasteiger partial charge in [0.05, 0.1) is 16.8 Å². The highest BCUT2D eigenvalue weighted by atomic mass is 16.2. The molecule has 1 amide bonds. The van der Waals surface area contributed by atoms with Gasteiger partial charge in [0.15, 0.2) is 11.6 Å². The molecule has 0 bridgehead atoms. The van der Waals surface area contributed by atoms with E-state index in [-0.39, 0.29) is 23.0 Å². The van der Waals surface area contributed by atoms with Crippen LogP contribution in [0.25, 0.3) is 0 Å². The van der Waals surface area contributed by atoms with Crippen LogP contribution in [0.2, 0.25) is 0 Å². The maximum absolute atomic E-state index is 13.7. The van der Waals surface area contributed by atoms with E-state index in [0.29, 0.717) is 33.6 Å². The van der Waals surface area contributed by atoms with E-state index in [9.17, 15) is 14.4 Å². The smallest absolute Gasteiger partial charge is 0.255 e. The molecular weight excluding hydrogens is 496 g/mol.